The average Bonchev–Trinajstić information content (AvgIpc) is 2.98. The van der Waals surface area contributed by atoms with Gasteiger partial charge in [-0.3, -0.25) is 0 Å². The molecule has 1 N–H and O–H groups in total. The first-order valence-corrected chi connectivity index (χ1v) is 17.2. The first-order chi connectivity index (χ1) is 20.9. The van der Waals surface area contributed by atoms with Crippen LogP contribution in [0.2, 0.25) is 0 Å². The lowest BCUT2D eigenvalue weighted by molar-refractivity contribution is -0.420. The summed E-state index contributed by atoms with van der Waals surface area (Å²) in [6.45, 7) is 17.0. The van der Waals surface area contributed by atoms with Crippen LogP contribution in [0.1, 0.15) is 131 Å². The SMILES string of the molecule is CCOC(CCCCCCCCCCCCC(OCC)(OCC)C(OCC)(OCC)c1ccccc1O)(OCC)OCC. The molecule has 0 aromatic heterocycles. The van der Waals surface area contributed by atoms with E-state index in [1.165, 1.54) is 32.1 Å². The monoisotopic (exact) mass is 612 g/mol. The fourth-order valence-corrected chi connectivity index (χ4v) is 5.90. The number of phenols is 1. The Morgan fingerprint density at radius 3 is 1.23 bits per heavy atom. The molecular formula is C35H64O8. The molecule has 0 fully saturated rings. The largest absolute Gasteiger partial charge is 0.507 e. The second-order valence-electron chi connectivity index (χ2n) is 10.6. The number of aromatic hydroxyl groups is 1. The highest BCUT2D eigenvalue weighted by atomic mass is 16.9. The van der Waals surface area contributed by atoms with E-state index < -0.39 is 17.5 Å². The highest BCUT2D eigenvalue weighted by Crippen LogP contribution is 2.47. The number of benzene rings is 1. The predicted molar refractivity (Wildman–Crippen MR) is 172 cm³/mol. The zero-order chi connectivity index (χ0) is 31.9. The molecule has 8 heteroatoms. The van der Waals surface area contributed by atoms with E-state index in [-0.39, 0.29) is 5.75 Å². The van der Waals surface area contributed by atoms with Gasteiger partial charge in [-0.15, -0.1) is 0 Å². The fourth-order valence-electron chi connectivity index (χ4n) is 5.90. The molecule has 0 saturated heterocycles. The lowest BCUT2D eigenvalue weighted by Crippen LogP contribution is -2.59. The Hall–Kier alpha value is -1.26. The summed E-state index contributed by atoms with van der Waals surface area (Å²) < 4.78 is 43.0. The van der Waals surface area contributed by atoms with Crippen molar-refractivity contribution in [1.29, 1.82) is 0 Å². The number of para-hydroxylation sites is 1. The van der Waals surface area contributed by atoms with Gasteiger partial charge in [-0.2, -0.15) is 0 Å². The van der Waals surface area contributed by atoms with Crippen LogP contribution < -0.4 is 0 Å². The molecule has 8 nitrogen and oxygen atoms in total. The maximum Gasteiger partial charge on any atom is 0.282 e. The van der Waals surface area contributed by atoms with Crippen LogP contribution in [-0.4, -0.2) is 63.1 Å². The summed E-state index contributed by atoms with van der Waals surface area (Å²) in [4.78, 5) is 0. The van der Waals surface area contributed by atoms with Gasteiger partial charge < -0.3 is 38.3 Å². The van der Waals surface area contributed by atoms with E-state index in [1.807, 2.05) is 60.6 Å². The minimum atomic E-state index is -1.39. The molecule has 0 aliphatic carbocycles. The maximum atomic E-state index is 10.9. The molecule has 1 aromatic carbocycles. The zero-order valence-electron chi connectivity index (χ0n) is 28.5. The molecular weight excluding hydrogens is 548 g/mol. The molecule has 0 aliphatic rings. The normalized spacial score (nSPS) is 12.7. The van der Waals surface area contributed by atoms with Crippen LogP contribution in [0.15, 0.2) is 24.3 Å². The van der Waals surface area contributed by atoms with Gasteiger partial charge in [-0.1, -0.05) is 63.5 Å². The lowest BCUT2D eigenvalue weighted by atomic mass is 9.90. The Labute approximate surface area is 263 Å². The van der Waals surface area contributed by atoms with E-state index in [9.17, 15) is 5.11 Å². The number of phenolic OH excluding ortho intramolecular Hbond substituents is 1. The van der Waals surface area contributed by atoms with Crippen molar-refractivity contribution in [2.75, 3.05) is 46.2 Å². The van der Waals surface area contributed by atoms with Gasteiger partial charge in [0.1, 0.15) is 5.75 Å². The van der Waals surface area contributed by atoms with Gasteiger partial charge in [0.15, 0.2) is 0 Å². The standard InChI is InChI=1S/C35H64O8/c1-8-37-33(38-9-2,35(42-13-6,43-14-7)31-27-23-24-28-32(31)36)29-25-21-19-17-15-16-18-20-22-26-30-34(39-10-3,40-11-4)41-12-5/h23-24,27-28,36H,8-22,25-26,29-30H2,1-7H3. The molecule has 0 radical (unpaired) electrons. The van der Waals surface area contributed by atoms with Gasteiger partial charge in [0.25, 0.3) is 11.8 Å². The summed E-state index contributed by atoms with van der Waals surface area (Å²) in [6, 6.07) is 7.16. The molecule has 1 rings (SSSR count). The molecule has 0 aliphatic heterocycles. The van der Waals surface area contributed by atoms with Crippen molar-refractivity contribution in [3.05, 3.63) is 29.8 Å². The maximum absolute atomic E-state index is 10.9. The summed E-state index contributed by atoms with van der Waals surface area (Å²) in [5.74, 6) is -3.36. The minimum absolute atomic E-state index is 0.102. The smallest absolute Gasteiger partial charge is 0.282 e. The van der Waals surface area contributed by atoms with Crippen LogP contribution in [0.25, 0.3) is 0 Å². The lowest BCUT2D eigenvalue weighted by Gasteiger charge is -2.48. The molecule has 43 heavy (non-hydrogen) atoms. The molecule has 0 amide bonds. The van der Waals surface area contributed by atoms with E-state index in [0.29, 0.717) is 58.2 Å². The number of hydrogen-bond donors (Lipinski definition) is 1. The second-order valence-corrected chi connectivity index (χ2v) is 10.6. The molecule has 0 spiro atoms. The average molecular weight is 613 g/mol. The highest BCUT2D eigenvalue weighted by Gasteiger charge is 2.58. The quantitative estimate of drug-likeness (QED) is 0.0710. The number of rotatable bonds is 29. The van der Waals surface area contributed by atoms with E-state index in [0.717, 1.165) is 38.5 Å². The van der Waals surface area contributed by atoms with Crippen molar-refractivity contribution in [3.63, 3.8) is 0 Å². The topological polar surface area (TPSA) is 84.8 Å². The molecule has 0 heterocycles. The first-order valence-electron chi connectivity index (χ1n) is 17.2. The van der Waals surface area contributed by atoms with Gasteiger partial charge in [0.2, 0.25) is 5.79 Å². The minimum Gasteiger partial charge on any atom is -0.507 e. The van der Waals surface area contributed by atoms with Crippen LogP contribution in [0, 0.1) is 0 Å². The van der Waals surface area contributed by atoms with Crippen molar-refractivity contribution in [2.24, 2.45) is 0 Å². The second kappa shape index (κ2) is 23.1. The molecule has 0 unspecified atom stereocenters. The first kappa shape index (κ1) is 39.8. The third kappa shape index (κ3) is 12.6. The van der Waals surface area contributed by atoms with Crippen LogP contribution >= 0.6 is 0 Å². The van der Waals surface area contributed by atoms with Gasteiger partial charge >= 0.3 is 0 Å². The Kier molecular flexibility index (Phi) is 21.4. The summed E-state index contributed by atoms with van der Waals surface area (Å²) in [5, 5.41) is 10.9. The van der Waals surface area contributed by atoms with E-state index in [1.54, 1.807) is 12.1 Å². The van der Waals surface area contributed by atoms with Crippen LogP contribution in [0.3, 0.4) is 0 Å². The van der Waals surface area contributed by atoms with Crippen LogP contribution in [-0.2, 0) is 38.9 Å². The highest BCUT2D eigenvalue weighted by molar-refractivity contribution is 5.37. The van der Waals surface area contributed by atoms with Gasteiger partial charge in [-0.25, -0.2) is 0 Å². The molecule has 0 atom stereocenters. The van der Waals surface area contributed by atoms with Crippen LogP contribution in [0.4, 0.5) is 0 Å². The molecule has 0 saturated carbocycles. The van der Waals surface area contributed by atoms with Gasteiger partial charge in [0.05, 0.1) is 5.56 Å². The fraction of sp³-hybridized carbons (Fsp3) is 0.829. The van der Waals surface area contributed by atoms with Crippen molar-refractivity contribution >= 4 is 0 Å². The summed E-state index contributed by atoms with van der Waals surface area (Å²) in [7, 11) is 0. The van der Waals surface area contributed by atoms with Crippen molar-refractivity contribution in [2.45, 2.75) is 143 Å². The summed E-state index contributed by atoms with van der Waals surface area (Å²) >= 11 is 0. The predicted octanol–water partition coefficient (Wildman–Crippen LogP) is 8.83. The summed E-state index contributed by atoms with van der Waals surface area (Å²) in [6.07, 6.45) is 12.8. The van der Waals surface area contributed by atoms with E-state index in [4.69, 9.17) is 33.2 Å². The summed E-state index contributed by atoms with van der Waals surface area (Å²) in [5.41, 5.74) is 0.528. The zero-order valence-corrected chi connectivity index (χ0v) is 28.5. The Balaban J connectivity index is 2.61. The molecule has 1 aromatic rings. The van der Waals surface area contributed by atoms with E-state index in [2.05, 4.69) is 0 Å². The molecule has 252 valence electrons. The number of hydrogen-bond acceptors (Lipinski definition) is 8. The van der Waals surface area contributed by atoms with Crippen molar-refractivity contribution < 1.29 is 38.3 Å². The number of ether oxygens (including phenoxy) is 7. The van der Waals surface area contributed by atoms with Crippen molar-refractivity contribution in [3.8, 4) is 5.75 Å². The van der Waals surface area contributed by atoms with E-state index >= 15 is 0 Å². The van der Waals surface area contributed by atoms with Gasteiger partial charge in [0, 0.05) is 59.1 Å². The van der Waals surface area contributed by atoms with Crippen LogP contribution in [0.5, 0.6) is 5.75 Å². The van der Waals surface area contributed by atoms with Gasteiger partial charge in [-0.05, 0) is 73.4 Å². The third-order valence-electron chi connectivity index (χ3n) is 7.54. The molecule has 0 bridgehead atoms. The Bertz CT molecular complexity index is 773. The number of unbranched alkanes of at least 4 members (excludes halogenated alkanes) is 9. The third-order valence-corrected chi connectivity index (χ3v) is 7.54. The van der Waals surface area contributed by atoms with Crippen molar-refractivity contribution in [1.82, 2.24) is 0 Å². The Morgan fingerprint density at radius 1 is 0.465 bits per heavy atom. The Morgan fingerprint density at radius 2 is 0.837 bits per heavy atom.